The lowest BCUT2D eigenvalue weighted by Gasteiger charge is -2.21. The fourth-order valence-electron chi connectivity index (χ4n) is 3.51. The fraction of sp³-hybridized carbons (Fsp3) is 0.217. The summed E-state index contributed by atoms with van der Waals surface area (Å²) in [5.41, 5.74) is 5.05. The van der Waals surface area contributed by atoms with Crippen LogP contribution in [0.15, 0.2) is 65.6 Å². The molecular formula is C23H23N3OS. The normalized spacial score (nSPS) is 11.1. The number of thiophene rings is 1. The molecule has 0 bridgehead atoms. The highest BCUT2D eigenvalue weighted by Crippen LogP contribution is 2.38. The number of hydrogen-bond donors (Lipinski definition) is 0. The Bertz CT molecular complexity index is 1160. The van der Waals surface area contributed by atoms with Gasteiger partial charge in [0.15, 0.2) is 0 Å². The van der Waals surface area contributed by atoms with E-state index in [1.54, 1.807) is 28.2 Å². The summed E-state index contributed by atoms with van der Waals surface area (Å²) in [6, 6.07) is 18.3. The van der Waals surface area contributed by atoms with Crippen LogP contribution in [0.3, 0.4) is 0 Å². The zero-order chi connectivity index (χ0) is 19.7. The minimum Gasteiger partial charge on any atom is -0.372 e. The van der Waals surface area contributed by atoms with Gasteiger partial charge in [0.25, 0.3) is 5.56 Å². The number of anilines is 1. The second kappa shape index (κ2) is 7.60. The number of benzene rings is 1. The van der Waals surface area contributed by atoms with Gasteiger partial charge in [0, 0.05) is 48.5 Å². The Morgan fingerprint density at radius 2 is 1.79 bits per heavy atom. The van der Waals surface area contributed by atoms with Crippen molar-refractivity contribution in [3.63, 3.8) is 0 Å². The summed E-state index contributed by atoms with van der Waals surface area (Å²) in [7, 11) is 1.83. The molecule has 0 saturated carbocycles. The summed E-state index contributed by atoms with van der Waals surface area (Å²) >= 11 is 1.71. The Kier molecular flexibility index (Phi) is 5.01. The van der Waals surface area contributed by atoms with Crippen LogP contribution < -0.4 is 10.5 Å². The van der Waals surface area contributed by atoms with E-state index in [1.165, 1.54) is 5.69 Å². The first-order valence-corrected chi connectivity index (χ1v) is 10.3. The van der Waals surface area contributed by atoms with Crippen molar-refractivity contribution in [2.45, 2.75) is 13.8 Å². The molecule has 4 rings (SSSR count). The van der Waals surface area contributed by atoms with Crippen molar-refractivity contribution in [2.75, 3.05) is 18.0 Å². The van der Waals surface area contributed by atoms with Crippen molar-refractivity contribution in [1.29, 1.82) is 0 Å². The second-order valence-electron chi connectivity index (χ2n) is 6.71. The third-order valence-electron chi connectivity index (χ3n) is 5.14. The van der Waals surface area contributed by atoms with E-state index in [9.17, 15) is 4.79 Å². The van der Waals surface area contributed by atoms with E-state index in [1.807, 2.05) is 25.2 Å². The number of aryl methyl sites for hydroxylation is 1. The number of aromatic nitrogens is 2. The summed E-state index contributed by atoms with van der Waals surface area (Å²) in [6.45, 7) is 6.33. The van der Waals surface area contributed by atoms with E-state index in [0.717, 1.165) is 45.0 Å². The van der Waals surface area contributed by atoms with Gasteiger partial charge in [-0.1, -0.05) is 18.2 Å². The average molecular weight is 390 g/mol. The van der Waals surface area contributed by atoms with Gasteiger partial charge in [-0.25, -0.2) is 0 Å². The molecule has 28 heavy (non-hydrogen) atoms. The summed E-state index contributed by atoms with van der Waals surface area (Å²) in [5, 5.41) is 0. The van der Waals surface area contributed by atoms with E-state index in [0.29, 0.717) is 0 Å². The zero-order valence-electron chi connectivity index (χ0n) is 16.3. The van der Waals surface area contributed by atoms with E-state index < -0.39 is 0 Å². The molecule has 0 unspecified atom stereocenters. The van der Waals surface area contributed by atoms with Gasteiger partial charge in [-0.15, -0.1) is 11.3 Å². The summed E-state index contributed by atoms with van der Waals surface area (Å²) < 4.78 is 2.80. The molecule has 4 aromatic rings. The first kappa shape index (κ1) is 18.4. The van der Waals surface area contributed by atoms with Gasteiger partial charge in [-0.2, -0.15) is 0 Å². The van der Waals surface area contributed by atoms with Gasteiger partial charge in [0.2, 0.25) is 0 Å². The van der Waals surface area contributed by atoms with Gasteiger partial charge in [-0.3, -0.25) is 9.78 Å². The third kappa shape index (κ3) is 3.22. The van der Waals surface area contributed by atoms with Crippen molar-refractivity contribution in [1.82, 2.24) is 9.55 Å². The molecule has 0 aliphatic rings. The molecule has 0 aliphatic carbocycles. The predicted octanol–water partition coefficient (Wildman–Crippen LogP) is 5.18. The first-order valence-electron chi connectivity index (χ1n) is 9.52. The Labute approximate surface area is 168 Å². The predicted molar refractivity (Wildman–Crippen MR) is 119 cm³/mol. The van der Waals surface area contributed by atoms with Gasteiger partial charge >= 0.3 is 0 Å². The molecule has 3 aromatic heterocycles. The molecule has 0 radical (unpaired) electrons. The SMILES string of the molecule is CCN(CC)c1ccc(-c2cc3c(s2)c(-c2ccccn2)cc(=O)n3C)cc1. The lowest BCUT2D eigenvalue weighted by molar-refractivity contribution is 0.866. The monoisotopic (exact) mass is 389 g/mol. The fourth-order valence-corrected chi connectivity index (χ4v) is 4.73. The van der Waals surface area contributed by atoms with Gasteiger partial charge in [-0.05, 0) is 49.7 Å². The standard InChI is InChI=1S/C23H23N3OS/c1-4-26(5-2)17-11-9-16(10-12-17)21-15-20-23(28-21)18(14-22(27)25(20)3)19-8-6-7-13-24-19/h6-15H,4-5H2,1-3H3. The van der Waals surface area contributed by atoms with Crippen LogP contribution in [0.5, 0.6) is 0 Å². The molecule has 3 heterocycles. The molecule has 0 amide bonds. The molecule has 4 nitrogen and oxygen atoms in total. The van der Waals surface area contributed by atoms with Crippen LogP contribution in [0, 0.1) is 0 Å². The van der Waals surface area contributed by atoms with E-state index >= 15 is 0 Å². The lowest BCUT2D eigenvalue weighted by Crippen LogP contribution is -2.21. The summed E-state index contributed by atoms with van der Waals surface area (Å²) in [4.78, 5) is 20.4. The minimum absolute atomic E-state index is 0.0191. The first-order chi connectivity index (χ1) is 13.6. The number of fused-ring (bicyclic) bond motifs is 1. The van der Waals surface area contributed by atoms with Crippen molar-refractivity contribution in [3.05, 3.63) is 71.1 Å². The molecule has 142 valence electrons. The summed E-state index contributed by atoms with van der Waals surface area (Å²) in [5.74, 6) is 0. The molecule has 1 aromatic carbocycles. The highest BCUT2D eigenvalue weighted by molar-refractivity contribution is 7.22. The van der Waals surface area contributed by atoms with E-state index in [4.69, 9.17) is 0 Å². The van der Waals surface area contributed by atoms with Crippen LogP contribution >= 0.6 is 11.3 Å². The molecule has 5 heteroatoms. The maximum absolute atomic E-state index is 12.5. The second-order valence-corrected chi connectivity index (χ2v) is 7.77. The third-order valence-corrected chi connectivity index (χ3v) is 6.34. The van der Waals surface area contributed by atoms with Crippen molar-refractivity contribution in [2.24, 2.45) is 7.05 Å². The van der Waals surface area contributed by atoms with Crippen LogP contribution in [-0.4, -0.2) is 22.6 Å². The average Bonchev–Trinajstić information content (AvgIpc) is 3.18. The topological polar surface area (TPSA) is 38.1 Å². The highest BCUT2D eigenvalue weighted by Gasteiger charge is 2.14. The largest absolute Gasteiger partial charge is 0.372 e. The minimum atomic E-state index is -0.0191. The maximum Gasteiger partial charge on any atom is 0.251 e. The van der Waals surface area contributed by atoms with Gasteiger partial charge < -0.3 is 9.47 Å². The van der Waals surface area contributed by atoms with E-state index in [-0.39, 0.29) is 5.56 Å². The Morgan fingerprint density at radius 1 is 1.04 bits per heavy atom. The maximum atomic E-state index is 12.5. The lowest BCUT2D eigenvalue weighted by atomic mass is 10.1. The van der Waals surface area contributed by atoms with Crippen LogP contribution in [0.2, 0.25) is 0 Å². The van der Waals surface area contributed by atoms with Crippen molar-refractivity contribution < 1.29 is 0 Å². The number of nitrogens with zero attached hydrogens (tertiary/aromatic N) is 3. The zero-order valence-corrected chi connectivity index (χ0v) is 17.2. The summed E-state index contributed by atoms with van der Waals surface area (Å²) in [6.07, 6.45) is 1.76. The van der Waals surface area contributed by atoms with Crippen LogP contribution in [-0.2, 0) is 7.05 Å². The molecule has 0 saturated heterocycles. The molecule has 0 N–H and O–H groups in total. The highest BCUT2D eigenvalue weighted by atomic mass is 32.1. The number of hydrogen-bond acceptors (Lipinski definition) is 4. The molecular weight excluding hydrogens is 366 g/mol. The molecule has 0 fully saturated rings. The smallest absolute Gasteiger partial charge is 0.251 e. The Morgan fingerprint density at radius 3 is 2.43 bits per heavy atom. The number of rotatable bonds is 5. The number of pyridine rings is 2. The van der Waals surface area contributed by atoms with E-state index in [2.05, 4.69) is 54.1 Å². The molecule has 0 spiro atoms. The Hall–Kier alpha value is -2.92. The van der Waals surface area contributed by atoms with Crippen LogP contribution in [0.4, 0.5) is 5.69 Å². The van der Waals surface area contributed by atoms with Gasteiger partial charge in [0.1, 0.15) is 0 Å². The molecule has 0 atom stereocenters. The van der Waals surface area contributed by atoms with Crippen LogP contribution in [0.25, 0.3) is 31.9 Å². The van der Waals surface area contributed by atoms with Gasteiger partial charge in [0.05, 0.1) is 15.9 Å². The quantitative estimate of drug-likeness (QED) is 0.472. The van der Waals surface area contributed by atoms with Crippen molar-refractivity contribution in [3.8, 4) is 21.7 Å². The van der Waals surface area contributed by atoms with Crippen LogP contribution in [0.1, 0.15) is 13.8 Å². The Balaban J connectivity index is 1.84. The molecule has 0 aliphatic heterocycles. The van der Waals surface area contributed by atoms with Crippen molar-refractivity contribution >= 4 is 27.2 Å².